The molecule has 0 radical (unpaired) electrons. The second-order valence-electron chi connectivity index (χ2n) is 6.33. The molecule has 20 heavy (non-hydrogen) atoms. The van der Waals surface area contributed by atoms with Gasteiger partial charge in [0, 0.05) is 0 Å². The molecule has 1 aromatic carbocycles. The summed E-state index contributed by atoms with van der Waals surface area (Å²) in [5.74, 6) is 0. The molecule has 0 saturated carbocycles. The zero-order valence-corrected chi connectivity index (χ0v) is 13.8. The van der Waals surface area contributed by atoms with Crippen LogP contribution in [0.2, 0.25) is 0 Å². The molecule has 0 amide bonds. The summed E-state index contributed by atoms with van der Waals surface area (Å²) in [4.78, 5) is 11.4. The molecule has 0 aliphatic heterocycles. The maximum Gasteiger partial charge on any atom is 0.241 e. The molecule has 0 aliphatic carbocycles. The number of hydrogen-bond donors (Lipinski definition) is 1. The Morgan fingerprint density at radius 1 is 1.10 bits per heavy atom. The molecule has 0 aliphatic rings. The van der Waals surface area contributed by atoms with Crippen molar-refractivity contribution >= 4 is 16.3 Å². The summed E-state index contributed by atoms with van der Waals surface area (Å²) in [6.45, 7) is 10.9. The number of hydrogen-bond acceptors (Lipinski definition) is 3. The highest BCUT2D eigenvalue weighted by atomic mass is 32.2. The van der Waals surface area contributed by atoms with Crippen molar-refractivity contribution < 1.29 is 13.2 Å². The molecule has 4 nitrogen and oxygen atoms in total. The molecule has 5 heteroatoms. The van der Waals surface area contributed by atoms with E-state index in [0.717, 1.165) is 5.56 Å². The second kappa shape index (κ2) is 5.66. The summed E-state index contributed by atoms with van der Waals surface area (Å²) in [5, 5.41) is 0. The highest BCUT2D eigenvalue weighted by molar-refractivity contribution is 7.89. The number of benzene rings is 1. The van der Waals surface area contributed by atoms with Crippen LogP contribution >= 0.6 is 0 Å². The highest BCUT2D eigenvalue weighted by Crippen LogP contribution is 2.24. The quantitative estimate of drug-likeness (QED) is 0.869. The van der Waals surface area contributed by atoms with E-state index in [2.05, 4.69) is 4.72 Å². The number of aldehydes is 1. The van der Waals surface area contributed by atoms with Gasteiger partial charge in [0.25, 0.3) is 0 Å². The Hall–Kier alpha value is -1.20. The van der Waals surface area contributed by atoms with Gasteiger partial charge in [0.05, 0.1) is 10.9 Å². The number of carbonyl (C=O) groups excluding carboxylic acids is 1. The smallest absolute Gasteiger partial charge is 0.241 e. The van der Waals surface area contributed by atoms with E-state index in [1.165, 1.54) is 0 Å². The van der Waals surface area contributed by atoms with Crippen molar-refractivity contribution in [1.29, 1.82) is 0 Å². The zero-order valence-electron chi connectivity index (χ0n) is 12.9. The first-order valence-electron chi connectivity index (χ1n) is 6.54. The van der Waals surface area contributed by atoms with Crippen LogP contribution in [0.25, 0.3) is 0 Å². The third kappa shape index (κ3) is 3.67. The summed E-state index contributed by atoms with van der Waals surface area (Å²) < 4.78 is 27.6. The van der Waals surface area contributed by atoms with E-state index < -0.39 is 21.5 Å². The first-order valence-corrected chi connectivity index (χ1v) is 8.03. The molecule has 1 N–H and O–H groups in total. The summed E-state index contributed by atoms with van der Waals surface area (Å²) in [6, 6.07) is 2.90. The van der Waals surface area contributed by atoms with Crippen molar-refractivity contribution in [1.82, 2.24) is 4.72 Å². The van der Waals surface area contributed by atoms with Gasteiger partial charge in [-0.05, 0) is 37.3 Å². The fourth-order valence-electron chi connectivity index (χ4n) is 2.23. The lowest BCUT2D eigenvalue weighted by atomic mass is 9.88. The van der Waals surface area contributed by atoms with Gasteiger partial charge in [-0.1, -0.05) is 38.5 Å². The van der Waals surface area contributed by atoms with Crippen LogP contribution in [0.15, 0.2) is 17.0 Å². The largest absolute Gasteiger partial charge is 0.302 e. The first-order chi connectivity index (χ1) is 8.99. The Morgan fingerprint density at radius 2 is 1.55 bits per heavy atom. The summed E-state index contributed by atoms with van der Waals surface area (Å²) in [7, 11) is -3.71. The molecule has 0 aromatic heterocycles. The molecule has 0 saturated heterocycles. The van der Waals surface area contributed by atoms with Crippen LogP contribution in [0.4, 0.5) is 0 Å². The van der Waals surface area contributed by atoms with Gasteiger partial charge in [0.2, 0.25) is 10.0 Å². The zero-order chi connectivity index (χ0) is 15.7. The average Bonchev–Trinajstić information content (AvgIpc) is 2.22. The Morgan fingerprint density at radius 3 is 1.90 bits per heavy atom. The number of nitrogens with one attached hydrogen (secondary N) is 1. The predicted octanol–water partition coefficient (Wildman–Crippen LogP) is 2.50. The first kappa shape index (κ1) is 16.9. The maximum absolute atomic E-state index is 12.5. The van der Waals surface area contributed by atoms with Crippen molar-refractivity contribution in [2.75, 3.05) is 0 Å². The van der Waals surface area contributed by atoms with E-state index in [4.69, 9.17) is 0 Å². The van der Waals surface area contributed by atoms with Gasteiger partial charge in [-0.25, -0.2) is 13.1 Å². The van der Waals surface area contributed by atoms with E-state index in [9.17, 15) is 13.2 Å². The third-order valence-corrected chi connectivity index (χ3v) is 4.97. The minimum atomic E-state index is -3.71. The van der Waals surface area contributed by atoms with E-state index in [1.54, 1.807) is 13.8 Å². The van der Waals surface area contributed by atoms with E-state index >= 15 is 0 Å². The normalized spacial score (nSPS) is 14.1. The minimum Gasteiger partial charge on any atom is -0.302 e. The van der Waals surface area contributed by atoms with Gasteiger partial charge in [0.15, 0.2) is 0 Å². The minimum absolute atomic E-state index is 0.263. The van der Waals surface area contributed by atoms with E-state index in [-0.39, 0.29) is 4.90 Å². The number of carbonyl (C=O) groups is 1. The molecule has 0 unspecified atom stereocenters. The van der Waals surface area contributed by atoms with Gasteiger partial charge in [0.1, 0.15) is 6.29 Å². The molecule has 112 valence electrons. The summed E-state index contributed by atoms with van der Waals surface area (Å²) >= 11 is 0. The molecule has 1 aromatic rings. The van der Waals surface area contributed by atoms with Crippen LogP contribution in [0.1, 0.15) is 37.5 Å². The molecule has 0 spiro atoms. The van der Waals surface area contributed by atoms with Gasteiger partial charge < -0.3 is 4.79 Å². The third-order valence-electron chi connectivity index (χ3n) is 3.22. The molecule has 0 bridgehead atoms. The van der Waals surface area contributed by atoms with Gasteiger partial charge in [-0.3, -0.25) is 0 Å². The molecule has 0 fully saturated rings. The number of aryl methyl sites for hydroxylation is 3. The molecule has 1 atom stereocenters. The Kier molecular flexibility index (Phi) is 4.77. The lowest BCUT2D eigenvalue weighted by Crippen LogP contribution is -2.45. The molecular formula is C15H23NO3S. The monoisotopic (exact) mass is 297 g/mol. The van der Waals surface area contributed by atoms with E-state index in [1.807, 2.05) is 39.8 Å². The lowest BCUT2D eigenvalue weighted by molar-refractivity contribution is -0.111. The van der Waals surface area contributed by atoms with Crippen molar-refractivity contribution in [3.05, 3.63) is 28.8 Å². The lowest BCUT2D eigenvalue weighted by Gasteiger charge is -2.27. The van der Waals surface area contributed by atoms with Gasteiger partial charge in [-0.2, -0.15) is 0 Å². The predicted molar refractivity (Wildman–Crippen MR) is 80.3 cm³/mol. The maximum atomic E-state index is 12.5. The molecule has 0 heterocycles. The van der Waals surface area contributed by atoms with Crippen molar-refractivity contribution in [3.63, 3.8) is 0 Å². The fraction of sp³-hybridized carbons (Fsp3) is 0.533. The van der Waals surface area contributed by atoms with Crippen molar-refractivity contribution in [2.45, 2.75) is 52.5 Å². The van der Waals surface area contributed by atoms with E-state index in [0.29, 0.717) is 17.4 Å². The topological polar surface area (TPSA) is 63.2 Å². The fourth-order valence-corrected chi connectivity index (χ4v) is 4.05. The highest BCUT2D eigenvalue weighted by Gasteiger charge is 2.30. The second-order valence-corrected chi connectivity index (χ2v) is 7.98. The molecular weight excluding hydrogens is 274 g/mol. The standard InChI is InChI=1S/C15H23NO3S/c1-10-7-11(2)14(12(3)8-10)20(18,19)16-13(9-17)15(4,5)6/h7-9,13,16H,1-6H3/t13-/m1/s1. The van der Waals surface area contributed by atoms with Crippen LogP contribution < -0.4 is 4.72 Å². The Bertz CT molecular complexity index is 589. The Balaban J connectivity index is 3.29. The average molecular weight is 297 g/mol. The van der Waals surface area contributed by atoms with Crippen LogP contribution in [-0.4, -0.2) is 20.7 Å². The van der Waals surface area contributed by atoms with Crippen molar-refractivity contribution in [3.8, 4) is 0 Å². The van der Waals surface area contributed by atoms with Crippen LogP contribution in [-0.2, 0) is 14.8 Å². The van der Waals surface area contributed by atoms with Crippen LogP contribution in [0.3, 0.4) is 0 Å². The summed E-state index contributed by atoms with van der Waals surface area (Å²) in [6.07, 6.45) is 0.649. The summed E-state index contributed by atoms with van der Waals surface area (Å²) in [5.41, 5.74) is 1.92. The number of rotatable bonds is 4. The Labute approximate surface area is 121 Å². The van der Waals surface area contributed by atoms with Gasteiger partial charge >= 0.3 is 0 Å². The van der Waals surface area contributed by atoms with Gasteiger partial charge in [-0.15, -0.1) is 0 Å². The SMILES string of the molecule is Cc1cc(C)c(S(=O)(=O)N[C@H](C=O)C(C)(C)C)c(C)c1. The molecule has 1 rings (SSSR count). The van der Waals surface area contributed by atoms with Crippen LogP contribution in [0.5, 0.6) is 0 Å². The van der Waals surface area contributed by atoms with Crippen molar-refractivity contribution in [2.24, 2.45) is 5.41 Å². The number of sulfonamides is 1. The van der Waals surface area contributed by atoms with Crippen LogP contribution in [0, 0.1) is 26.2 Å².